The molecule has 0 bridgehead atoms. The summed E-state index contributed by atoms with van der Waals surface area (Å²) in [6, 6.07) is 0. The van der Waals surface area contributed by atoms with E-state index in [0.29, 0.717) is 16.2 Å². The third-order valence-corrected chi connectivity index (χ3v) is 12.4. The van der Waals surface area contributed by atoms with Gasteiger partial charge in [-0.25, -0.2) is 0 Å². The van der Waals surface area contributed by atoms with Gasteiger partial charge in [0.1, 0.15) is 0 Å². The van der Waals surface area contributed by atoms with Crippen molar-refractivity contribution in [3.05, 3.63) is 12.2 Å². The fourth-order valence-corrected chi connectivity index (χ4v) is 11.1. The average molecular weight is 412 g/mol. The molecule has 2 N–H and O–H groups in total. The van der Waals surface area contributed by atoms with Crippen molar-refractivity contribution in [1.29, 1.82) is 0 Å². The van der Waals surface area contributed by atoms with Crippen LogP contribution < -0.4 is 5.73 Å². The van der Waals surface area contributed by atoms with Crippen molar-refractivity contribution in [2.45, 2.75) is 117 Å². The summed E-state index contributed by atoms with van der Waals surface area (Å²) in [5, 5.41) is 0. The zero-order chi connectivity index (χ0) is 21.5. The van der Waals surface area contributed by atoms with Crippen molar-refractivity contribution < 1.29 is 0 Å². The van der Waals surface area contributed by atoms with Crippen LogP contribution in [0.2, 0.25) is 0 Å². The second-order valence-electron chi connectivity index (χ2n) is 14.0. The summed E-state index contributed by atoms with van der Waals surface area (Å²) in [7, 11) is 0. The number of allylic oxidation sites excluding steroid dienone is 1. The molecular weight excluding hydrogens is 362 g/mol. The molecule has 1 nitrogen and oxygen atoms in total. The Kier molecular flexibility index (Phi) is 4.92. The summed E-state index contributed by atoms with van der Waals surface area (Å²) in [5.41, 5.74) is 10.2. The Balaban J connectivity index is 1.44. The van der Waals surface area contributed by atoms with Crippen LogP contribution in [0.4, 0.5) is 0 Å². The zero-order valence-electron chi connectivity index (χ0n) is 20.7. The molecule has 5 aliphatic carbocycles. The van der Waals surface area contributed by atoms with Crippen LogP contribution in [0.3, 0.4) is 0 Å². The Morgan fingerprint density at radius 3 is 2.27 bits per heavy atom. The summed E-state index contributed by atoms with van der Waals surface area (Å²) in [6.45, 7) is 17.3. The first-order valence-corrected chi connectivity index (χ1v) is 13.5. The monoisotopic (exact) mass is 411 g/mol. The first-order valence-electron chi connectivity index (χ1n) is 13.5. The van der Waals surface area contributed by atoms with E-state index in [9.17, 15) is 0 Å². The van der Waals surface area contributed by atoms with Crippen LogP contribution in [0.1, 0.15) is 112 Å². The van der Waals surface area contributed by atoms with Gasteiger partial charge in [0.25, 0.3) is 0 Å². The van der Waals surface area contributed by atoms with E-state index in [4.69, 9.17) is 5.73 Å². The highest BCUT2D eigenvalue weighted by Crippen LogP contribution is 2.72. The Hall–Kier alpha value is -0.300. The smallest absolute Gasteiger partial charge is 0.0185 e. The van der Waals surface area contributed by atoms with Gasteiger partial charge >= 0.3 is 0 Å². The molecule has 9 unspecified atom stereocenters. The third-order valence-electron chi connectivity index (χ3n) is 12.4. The molecule has 9 atom stereocenters. The number of nitrogens with two attached hydrogens (primary N) is 1. The second-order valence-corrected chi connectivity index (χ2v) is 14.0. The van der Waals surface area contributed by atoms with E-state index in [-0.39, 0.29) is 5.54 Å². The van der Waals surface area contributed by atoms with E-state index in [1.165, 1.54) is 82.6 Å². The summed E-state index contributed by atoms with van der Waals surface area (Å²) >= 11 is 0. The Labute approximate surface area is 187 Å². The zero-order valence-corrected chi connectivity index (χ0v) is 20.7. The standard InChI is InChI=1S/C29H49N/c1-19(2)18-20-11-15-28(6)24(26(20,3)4)13-16-27(5)22-12-17-29(30)14-7-8-23(29)21(22)9-10-25(27)28/h20-25H,1,7-18,30H2,2-6H3. The number of hydrogen-bond donors (Lipinski definition) is 1. The van der Waals surface area contributed by atoms with Crippen LogP contribution in [0.5, 0.6) is 0 Å². The molecule has 0 aromatic carbocycles. The molecule has 5 fully saturated rings. The summed E-state index contributed by atoms with van der Waals surface area (Å²) in [4.78, 5) is 0. The molecule has 0 aromatic rings. The summed E-state index contributed by atoms with van der Waals surface area (Å²) in [5.74, 6) is 5.37. The van der Waals surface area contributed by atoms with E-state index in [0.717, 1.165) is 35.5 Å². The maximum absolute atomic E-state index is 7.00. The highest BCUT2D eigenvalue weighted by molar-refractivity contribution is 5.16. The van der Waals surface area contributed by atoms with Crippen LogP contribution in [0.25, 0.3) is 0 Å². The van der Waals surface area contributed by atoms with Crippen LogP contribution >= 0.6 is 0 Å². The van der Waals surface area contributed by atoms with Crippen LogP contribution in [0.15, 0.2) is 12.2 Å². The third kappa shape index (κ3) is 2.82. The number of fused-ring (bicyclic) bond motifs is 7. The lowest BCUT2D eigenvalue weighted by Gasteiger charge is -2.69. The fraction of sp³-hybridized carbons (Fsp3) is 0.931. The molecule has 0 aromatic heterocycles. The molecule has 5 saturated carbocycles. The molecule has 5 rings (SSSR count). The lowest BCUT2D eigenvalue weighted by Crippen LogP contribution is -2.63. The normalized spacial score (nSPS) is 54.5. The van der Waals surface area contributed by atoms with Crippen LogP contribution in [0, 0.1) is 51.8 Å². The van der Waals surface area contributed by atoms with Crippen molar-refractivity contribution in [2.24, 2.45) is 57.5 Å². The van der Waals surface area contributed by atoms with Gasteiger partial charge in [0, 0.05) is 5.54 Å². The largest absolute Gasteiger partial charge is 0.325 e. The number of hydrogen-bond acceptors (Lipinski definition) is 1. The minimum absolute atomic E-state index is 0.202. The minimum Gasteiger partial charge on any atom is -0.325 e. The maximum atomic E-state index is 7.00. The van der Waals surface area contributed by atoms with E-state index >= 15 is 0 Å². The van der Waals surface area contributed by atoms with Gasteiger partial charge in [-0.05, 0) is 129 Å². The van der Waals surface area contributed by atoms with Crippen LogP contribution in [-0.4, -0.2) is 5.54 Å². The Morgan fingerprint density at radius 2 is 1.53 bits per heavy atom. The predicted octanol–water partition coefficient (Wildman–Crippen LogP) is 7.75. The molecule has 30 heavy (non-hydrogen) atoms. The molecular formula is C29H49N. The van der Waals surface area contributed by atoms with Gasteiger partial charge in [-0.1, -0.05) is 39.7 Å². The van der Waals surface area contributed by atoms with Crippen molar-refractivity contribution in [1.82, 2.24) is 0 Å². The Morgan fingerprint density at radius 1 is 0.800 bits per heavy atom. The molecule has 0 aliphatic heterocycles. The van der Waals surface area contributed by atoms with Gasteiger partial charge in [0.05, 0.1) is 0 Å². The van der Waals surface area contributed by atoms with Crippen molar-refractivity contribution in [3.63, 3.8) is 0 Å². The minimum atomic E-state index is 0.202. The highest BCUT2D eigenvalue weighted by Gasteiger charge is 2.65. The van der Waals surface area contributed by atoms with E-state index < -0.39 is 0 Å². The van der Waals surface area contributed by atoms with Gasteiger partial charge < -0.3 is 5.73 Å². The SMILES string of the molecule is C=C(C)CC1CCC2(C)C(CCC3(C)C4CCC5(N)CCCC5C4CCC32)C1(C)C. The number of rotatable bonds is 2. The summed E-state index contributed by atoms with van der Waals surface area (Å²) in [6.07, 6.45) is 16.9. The molecule has 0 radical (unpaired) electrons. The molecule has 0 spiro atoms. The second kappa shape index (κ2) is 6.85. The topological polar surface area (TPSA) is 26.0 Å². The first kappa shape index (κ1) is 21.5. The quantitative estimate of drug-likeness (QED) is 0.462. The van der Waals surface area contributed by atoms with E-state index in [1.807, 2.05) is 0 Å². The molecule has 5 aliphatic rings. The molecule has 1 heteroatoms. The first-order chi connectivity index (χ1) is 14.0. The van der Waals surface area contributed by atoms with Crippen molar-refractivity contribution >= 4 is 0 Å². The van der Waals surface area contributed by atoms with Crippen molar-refractivity contribution in [2.75, 3.05) is 0 Å². The highest BCUT2D eigenvalue weighted by atomic mass is 14.8. The predicted molar refractivity (Wildman–Crippen MR) is 128 cm³/mol. The van der Waals surface area contributed by atoms with Gasteiger partial charge in [-0.3, -0.25) is 0 Å². The maximum Gasteiger partial charge on any atom is 0.0185 e. The Bertz CT molecular complexity index is 707. The van der Waals surface area contributed by atoms with Gasteiger partial charge in [0.2, 0.25) is 0 Å². The van der Waals surface area contributed by atoms with Gasteiger partial charge in [0.15, 0.2) is 0 Å². The van der Waals surface area contributed by atoms with Gasteiger partial charge in [-0.15, -0.1) is 6.58 Å². The molecule has 0 heterocycles. The van der Waals surface area contributed by atoms with E-state index in [1.54, 1.807) is 0 Å². The lowest BCUT2D eigenvalue weighted by molar-refractivity contribution is -0.201. The fourth-order valence-electron chi connectivity index (χ4n) is 11.1. The van der Waals surface area contributed by atoms with Crippen molar-refractivity contribution in [3.8, 4) is 0 Å². The van der Waals surface area contributed by atoms with E-state index in [2.05, 4.69) is 41.2 Å². The van der Waals surface area contributed by atoms with Gasteiger partial charge in [-0.2, -0.15) is 0 Å². The average Bonchev–Trinajstić information content (AvgIpc) is 3.05. The summed E-state index contributed by atoms with van der Waals surface area (Å²) < 4.78 is 0. The molecule has 170 valence electrons. The lowest BCUT2D eigenvalue weighted by atomic mass is 9.36. The molecule has 0 saturated heterocycles. The molecule has 0 amide bonds. The van der Waals surface area contributed by atoms with Crippen LogP contribution in [-0.2, 0) is 0 Å².